The van der Waals surface area contributed by atoms with Crippen LogP contribution in [0.3, 0.4) is 0 Å². The van der Waals surface area contributed by atoms with E-state index in [0.29, 0.717) is 17.3 Å². The van der Waals surface area contributed by atoms with Crippen molar-refractivity contribution in [3.63, 3.8) is 0 Å². The maximum Gasteiger partial charge on any atom is 0.243 e. The van der Waals surface area contributed by atoms with Gasteiger partial charge < -0.3 is 10.1 Å². The zero-order chi connectivity index (χ0) is 21.6. The van der Waals surface area contributed by atoms with E-state index in [9.17, 15) is 13.2 Å². The zero-order valence-corrected chi connectivity index (χ0v) is 18.7. The summed E-state index contributed by atoms with van der Waals surface area (Å²) >= 11 is 6.14. The lowest BCUT2D eigenvalue weighted by molar-refractivity contribution is -0.121. The van der Waals surface area contributed by atoms with Crippen LogP contribution in [0.2, 0.25) is 5.02 Å². The summed E-state index contributed by atoms with van der Waals surface area (Å²) in [7, 11) is -2.05. The van der Waals surface area contributed by atoms with E-state index in [-0.39, 0.29) is 5.91 Å². The summed E-state index contributed by atoms with van der Waals surface area (Å²) in [6.07, 6.45) is 2.57. The van der Waals surface area contributed by atoms with Gasteiger partial charge in [-0.3, -0.25) is 9.10 Å². The fraction of sp³-hybridized carbons (Fsp3) is 0.381. The molecule has 0 heterocycles. The van der Waals surface area contributed by atoms with Crippen molar-refractivity contribution in [1.82, 2.24) is 5.32 Å². The van der Waals surface area contributed by atoms with E-state index in [2.05, 4.69) is 5.32 Å². The number of rotatable bonds is 9. The number of carbonyl (C=O) groups is 1. The van der Waals surface area contributed by atoms with Gasteiger partial charge in [0.1, 0.15) is 11.8 Å². The quantitative estimate of drug-likeness (QED) is 0.607. The molecule has 6 nitrogen and oxygen atoms in total. The molecule has 0 unspecified atom stereocenters. The molecule has 0 aliphatic carbocycles. The molecular weight excluding hydrogens is 412 g/mol. The highest BCUT2D eigenvalue weighted by Gasteiger charge is 2.29. The standard InChI is InChI=1S/C21H27ClN2O4S/c1-15-10-11-18(14-20(15)22)24(29(4,26)27)16(2)21(25)23-12-6-8-17-7-5-9-19(13-17)28-3/h5,7,9-11,13-14,16H,6,8,12H2,1-4H3,(H,23,25)/t16-/m1/s1. The van der Waals surface area contributed by atoms with Crippen LogP contribution in [0.1, 0.15) is 24.5 Å². The number of hydrogen-bond acceptors (Lipinski definition) is 4. The number of methoxy groups -OCH3 is 1. The fourth-order valence-electron chi connectivity index (χ4n) is 3.01. The summed E-state index contributed by atoms with van der Waals surface area (Å²) in [5.41, 5.74) is 2.30. The lowest BCUT2D eigenvalue weighted by Gasteiger charge is -2.28. The Kier molecular flexibility index (Phi) is 7.93. The van der Waals surface area contributed by atoms with Crippen molar-refractivity contribution in [3.8, 4) is 5.75 Å². The van der Waals surface area contributed by atoms with Crippen LogP contribution in [-0.2, 0) is 21.2 Å². The molecule has 1 amide bonds. The fourth-order valence-corrected chi connectivity index (χ4v) is 4.35. The van der Waals surface area contributed by atoms with Crippen LogP contribution in [0.4, 0.5) is 5.69 Å². The van der Waals surface area contributed by atoms with Crippen LogP contribution in [-0.4, -0.2) is 40.3 Å². The zero-order valence-electron chi connectivity index (χ0n) is 17.1. The molecule has 0 radical (unpaired) electrons. The molecule has 8 heteroatoms. The maximum absolute atomic E-state index is 12.6. The minimum Gasteiger partial charge on any atom is -0.497 e. The van der Waals surface area contributed by atoms with E-state index in [4.69, 9.17) is 16.3 Å². The summed E-state index contributed by atoms with van der Waals surface area (Å²) in [4.78, 5) is 12.6. The number of amides is 1. The Bertz CT molecular complexity index is 963. The van der Waals surface area contributed by atoms with Gasteiger partial charge in [0.2, 0.25) is 15.9 Å². The molecule has 0 fully saturated rings. The van der Waals surface area contributed by atoms with Crippen LogP contribution in [0.5, 0.6) is 5.75 Å². The minimum absolute atomic E-state index is 0.363. The first-order valence-corrected chi connectivity index (χ1v) is 11.5. The molecule has 2 aromatic rings. The van der Waals surface area contributed by atoms with Gasteiger partial charge in [0.05, 0.1) is 19.1 Å². The number of carbonyl (C=O) groups excluding carboxylic acids is 1. The van der Waals surface area contributed by atoms with Crippen LogP contribution in [0.25, 0.3) is 0 Å². The molecule has 0 aliphatic heterocycles. The van der Waals surface area contributed by atoms with Gasteiger partial charge in [-0.25, -0.2) is 8.42 Å². The summed E-state index contributed by atoms with van der Waals surface area (Å²) in [5.74, 6) is 0.429. The first-order chi connectivity index (χ1) is 13.6. The largest absolute Gasteiger partial charge is 0.497 e. The molecule has 0 aliphatic rings. The lowest BCUT2D eigenvalue weighted by atomic mass is 10.1. The van der Waals surface area contributed by atoms with Crippen molar-refractivity contribution < 1.29 is 17.9 Å². The van der Waals surface area contributed by atoms with Crippen LogP contribution in [0.15, 0.2) is 42.5 Å². The number of sulfonamides is 1. The molecule has 1 N–H and O–H groups in total. The predicted molar refractivity (Wildman–Crippen MR) is 117 cm³/mol. The molecule has 2 aromatic carbocycles. The van der Waals surface area contributed by atoms with Gasteiger partial charge in [0.25, 0.3) is 0 Å². The van der Waals surface area contributed by atoms with Crippen molar-refractivity contribution in [2.24, 2.45) is 0 Å². The molecule has 1 atom stereocenters. The number of benzene rings is 2. The van der Waals surface area contributed by atoms with Gasteiger partial charge in [-0.05, 0) is 62.1 Å². The predicted octanol–water partition coefficient (Wildman–Crippen LogP) is 3.56. The van der Waals surface area contributed by atoms with E-state index in [1.165, 1.54) is 0 Å². The maximum atomic E-state index is 12.6. The Hall–Kier alpha value is -2.25. The number of ether oxygens (including phenoxy) is 1. The SMILES string of the molecule is COc1cccc(CCCNC(=O)[C@@H](C)N(c2ccc(C)c(Cl)c2)S(C)(=O)=O)c1. The summed E-state index contributed by atoms with van der Waals surface area (Å²) in [6.45, 7) is 3.83. The molecule has 2 rings (SSSR count). The Morgan fingerprint density at radius 1 is 1.24 bits per heavy atom. The summed E-state index contributed by atoms with van der Waals surface area (Å²) in [6, 6.07) is 11.8. The number of aryl methyl sites for hydroxylation is 2. The highest BCUT2D eigenvalue weighted by atomic mass is 35.5. The van der Waals surface area contributed by atoms with Gasteiger partial charge in [-0.2, -0.15) is 0 Å². The number of nitrogens with zero attached hydrogens (tertiary/aromatic N) is 1. The second kappa shape index (κ2) is 9.98. The van der Waals surface area contributed by atoms with Gasteiger partial charge >= 0.3 is 0 Å². The topological polar surface area (TPSA) is 75.7 Å². The van der Waals surface area contributed by atoms with Gasteiger partial charge in [0.15, 0.2) is 0 Å². The van der Waals surface area contributed by atoms with Gasteiger partial charge in [0, 0.05) is 11.6 Å². The summed E-state index contributed by atoms with van der Waals surface area (Å²) < 4.78 is 31.0. The number of halogens is 1. The molecule has 158 valence electrons. The average molecular weight is 439 g/mol. The minimum atomic E-state index is -3.67. The monoisotopic (exact) mass is 438 g/mol. The van der Waals surface area contributed by atoms with E-state index in [1.54, 1.807) is 32.2 Å². The third kappa shape index (κ3) is 6.37. The molecule has 0 aromatic heterocycles. The Morgan fingerprint density at radius 3 is 2.59 bits per heavy atom. The van der Waals surface area contributed by atoms with Crippen molar-refractivity contribution in [1.29, 1.82) is 0 Å². The first-order valence-electron chi connectivity index (χ1n) is 9.29. The number of nitrogens with one attached hydrogen (secondary N) is 1. The Labute approximate surface area is 177 Å². The third-order valence-corrected chi connectivity index (χ3v) is 6.22. The van der Waals surface area contributed by atoms with Crippen molar-refractivity contribution in [2.45, 2.75) is 32.7 Å². The highest BCUT2D eigenvalue weighted by molar-refractivity contribution is 7.92. The lowest BCUT2D eigenvalue weighted by Crippen LogP contribution is -2.48. The summed E-state index contributed by atoms with van der Waals surface area (Å²) in [5, 5.41) is 3.27. The molecule has 0 bridgehead atoms. The van der Waals surface area contributed by atoms with Gasteiger partial charge in [-0.15, -0.1) is 0 Å². The third-order valence-electron chi connectivity index (χ3n) is 4.57. The molecule has 0 saturated carbocycles. The van der Waals surface area contributed by atoms with Gasteiger partial charge in [-0.1, -0.05) is 29.8 Å². The van der Waals surface area contributed by atoms with E-state index < -0.39 is 16.1 Å². The smallest absolute Gasteiger partial charge is 0.243 e. The van der Waals surface area contributed by atoms with E-state index in [0.717, 1.165) is 40.3 Å². The van der Waals surface area contributed by atoms with Crippen LogP contribution in [0, 0.1) is 6.92 Å². The number of hydrogen-bond donors (Lipinski definition) is 1. The van der Waals surface area contributed by atoms with Crippen molar-refractivity contribution in [2.75, 3.05) is 24.2 Å². The molecule has 0 saturated heterocycles. The second-order valence-electron chi connectivity index (χ2n) is 6.91. The van der Waals surface area contributed by atoms with Crippen LogP contribution < -0.4 is 14.4 Å². The molecule has 0 spiro atoms. The molecule has 29 heavy (non-hydrogen) atoms. The number of anilines is 1. The van der Waals surface area contributed by atoms with E-state index >= 15 is 0 Å². The molecular formula is C21H27ClN2O4S. The van der Waals surface area contributed by atoms with Crippen molar-refractivity contribution in [3.05, 3.63) is 58.6 Å². The van der Waals surface area contributed by atoms with Crippen LogP contribution >= 0.6 is 11.6 Å². The first kappa shape index (κ1) is 23.0. The Morgan fingerprint density at radius 2 is 1.97 bits per heavy atom. The van der Waals surface area contributed by atoms with Crippen molar-refractivity contribution >= 4 is 33.2 Å². The highest BCUT2D eigenvalue weighted by Crippen LogP contribution is 2.26. The average Bonchev–Trinajstić information content (AvgIpc) is 2.67. The Balaban J connectivity index is 2.00. The second-order valence-corrected chi connectivity index (χ2v) is 9.18. The van der Waals surface area contributed by atoms with E-state index in [1.807, 2.05) is 31.2 Å². The normalized spacial score (nSPS) is 12.3.